The van der Waals surface area contributed by atoms with Crippen molar-refractivity contribution in [3.05, 3.63) is 123 Å². The van der Waals surface area contributed by atoms with E-state index in [1.165, 1.54) is 100 Å². The minimum Gasteiger partial charge on any atom is -0.493 e. The number of methoxy groups -OCH3 is 2. The second kappa shape index (κ2) is 36.5. The van der Waals surface area contributed by atoms with E-state index < -0.39 is 152 Å². The zero-order valence-electron chi connectivity index (χ0n) is 64.5. The van der Waals surface area contributed by atoms with Gasteiger partial charge in [0.1, 0.15) is 42.7 Å². The highest BCUT2D eigenvalue weighted by atomic mass is 16.7. The number of anilines is 2. The Morgan fingerprint density at radius 3 is 1.40 bits per heavy atom. The van der Waals surface area contributed by atoms with Crippen molar-refractivity contribution in [3.63, 3.8) is 0 Å². The Morgan fingerprint density at radius 1 is 0.523 bits per heavy atom. The highest BCUT2D eigenvalue weighted by Gasteiger charge is 2.52. The van der Waals surface area contributed by atoms with Crippen LogP contribution in [0.15, 0.2) is 84.2 Å². The molecule has 4 amide bonds. The molecule has 2 unspecified atom stereocenters. The third-order valence-electron chi connectivity index (χ3n) is 20.2. The molecular weight excluding hydrogens is 1440 g/mol. The van der Waals surface area contributed by atoms with E-state index in [1.54, 1.807) is 73.0 Å². The van der Waals surface area contributed by atoms with Gasteiger partial charge in [-0.1, -0.05) is 37.1 Å². The topological polar surface area (TPSA) is 353 Å². The van der Waals surface area contributed by atoms with Crippen LogP contribution in [0.1, 0.15) is 185 Å². The maximum atomic E-state index is 14.7. The lowest BCUT2D eigenvalue weighted by molar-refractivity contribution is -0.263. The lowest BCUT2D eigenvalue weighted by atomic mass is 9.91. The van der Waals surface area contributed by atoms with Crippen LogP contribution in [0.4, 0.5) is 21.0 Å². The summed E-state index contributed by atoms with van der Waals surface area (Å²) in [6.45, 7) is 16.8. The summed E-state index contributed by atoms with van der Waals surface area (Å²) in [5.74, 6) is -2.27. The largest absolute Gasteiger partial charge is 0.493 e. The van der Waals surface area contributed by atoms with E-state index in [2.05, 4.69) is 5.92 Å². The molecule has 30 heteroatoms. The van der Waals surface area contributed by atoms with Gasteiger partial charge >= 0.3 is 36.1 Å². The van der Waals surface area contributed by atoms with Crippen molar-refractivity contribution in [2.45, 2.75) is 221 Å². The SMILES string of the molecule is C#CCCC(=O)c1cc(COC(=O)N2c3cc(OCCCCCOc4cc5c(cc4OC)C(=O)N4C=C(C)C[C@H]4C(O)N5C(=O)OCc4ccc(O[C@@H]5O[C@H](C)[C@@H](C)[C@H](OC(C)=O)[C@H]5OC(C)=O)c(C(=O)CCCOC)c4)c(C)cc3C(=O)N3C=C(C)C[C@H]3C2O)ccc1O[C@@H]1O[C@H](C)[C@@H](C)[C@H](OC(C)=O)[C@H]1OC(C)=O. The number of amides is 4. The molecule has 4 aromatic carbocycles. The monoisotopic (exact) mass is 1540 g/mol. The van der Waals surface area contributed by atoms with Gasteiger partial charge in [0, 0.05) is 97.0 Å². The molecule has 6 heterocycles. The quantitative estimate of drug-likeness (QED) is 0.0168. The number of aliphatic hydroxyl groups excluding tert-OH is 2. The fourth-order valence-electron chi connectivity index (χ4n) is 14.3. The first-order valence-electron chi connectivity index (χ1n) is 36.9. The molecule has 111 heavy (non-hydrogen) atoms. The van der Waals surface area contributed by atoms with E-state index >= 15 is 0 Å². The van der Waals surface area contributed by atoms with Gasteiger partial charge in [-0.05, 0) is 126 Å². The zero-order valence-corrected chi connectivity index (χ0v) is 64.5. The van der Waals surface area contributed by atoms with Crippen molar-refractivity contribution in [1.82, 2.24) is 9.80 Å². The van der Waals surface area contributed by atoms with Gasteiger partial charge < -0.3 is 86.3 Å². The lowest BCUT2D eigenvalue weighted by Crippen LogP contribution is -2.57. The van der Waals surface area contributed by atoms with Crippen molar-refractivity contribution < 1.29 is 124 Å². The minimum atomic E-state index is -1.65. The molecule has 6 aliphatic heterocycles. The molecule has 6 aliphatic rings. The van der Waals surface area contributed by atoms with Gasteiger partial charge in [0.2, 0.25) is 24.8 Å². The summed E-state index contributed by atoms with van der Waals surface area (Å²) in [5.41, 5.74) is 2.85. The molecule has 4 aromatic rings. The Balaban J connectivity index is 0.825. The fraction of sp³-hybridized carbons (Fsp3) is 0.506. The summed E-state index contributed by atoms with van der Waals surface area (Å²) in [5, 5.41) is 24.4. The maximum absolute atomic E-state index is 14.7. The molecule has 2 fully saturated rings. The number of terminal acetylenes is 1. The third-order valence-corrected chi connectivity index (χ3v) is 20.2. The van der Waals surface area contributed by atoms with Crippen LogP contribution in [-0.4, -0.2) is 187 Å². The molecule has 0 bridgehead atoms. The van der Waals surface area contributed by atoms with Crippen molar-refractivity contribution in [3.8, 4) is 41.1 Å². The number of aliphatic hydroxyl groups is 2. The van der Waals surface area contributed by atoms with E-state index in [0.717, 1.165) is 20.9 Å². The minimum absolute atomic E-state index is 0.00461. The second-order valence-electron chi connectivity index (χ2n) is 28.5. The first-order valence-corrected chi connectivity index (χ1v) is 36.9. The van der Waals surface area contributed by atoms with Crippen molar-refractivity contribution in [1.29, 1.82) is 0 Å². The number of unbranched alkanes of at least 4 members (excludes halogenated alkanes) is 2. The van der Waals surface area contributed by atoms with Crippen LogP contribution in [0.5, 0.6) is 28.7 Å². The summed E-state index contributed by atoms with van der Waals surface area (Å²) in [6.07, 6.45) is -2.56. The Bertz CT molecular complexity index is 4320. The van der Waals surface area contributed by atoms with Crippen LogP contribution in [0.2, 0.25) is 0 Å². The fourth-order valence-corrected chi connectivity index (χ4v) is 14.3. The Morgan fingerprint density at radius 2 is 0.955 bits per heavy atom. The predicted molar refractivity (Wildman–Crippen MR) is 394 cm³/mol. The molecule has 30 nitrogen and oxygen atoms in total. The van der Waals surface area contributed by atoms with Crippen LogP contribution in [-0.2, 0) is 75.0 Å². The number of benzene rings is 4. The number of rotatable bonds is 29. The highest BCUT2D eigenvalue weighted by Crippen LogP contribution is 2.45. The van der Waals surface area contributed by atoms with Crippen LogP contribution in [0.3, 0.4) is 0 Å². The van der Waals surface area contributed by atoms with Gasteiger partial charge in [-0.25, -0.2) is 19.4 Å². The highest BCUT2D eigenvalue weighted by molar-refractivity contribution is 6.08. The molecule has 0 saturated carbocycles. The van der Waals surface area contributed by atoms with E-state index in [-0.39, 0.29) is 114 Å². The van der Waals surface area contributed by atoms with Gasteiger partial charge in [0.15, 0.2) is 35.5 Å². The van der Waals surface area contributed by atoms with Gasteiger partial charge in [0.25, 0.3) is 11.8 Å². The summed E-state index contributed by atoms with van der Waals surface area (Å²) in [6, 6.07) is 13.0. The Labute approximate surface area is 643 Å². The normalized spacial score (nSPS) is 24.5. The number of nitrogens with zero attached hydrogens (tertiary/aromatic N) is 4. The first kappa shape index (κ1) is 82.9. The van der Waals surface area contributed by atoms with Gasteiger partial charge in [0.05, 0.1) is 78.2 Å². The van der Waals surface area contributed by atoms with E-state index in [0.29, 0.717) is 48.1 Å². The smallest absolute Gasteiger partial charge is 0.416 e. The number of esters is 4. The first-order chi connectivity index (χ1) is 52.9. The van der Waals surface area contributed by atoms with Crippen LogP contribution in [0.25, 0.3) is 0 Å². The molecule has 0 aliphatic carbocycles. The Kier molecular flexibility index (Phi) is 27.3. The molecule has 14 atom stereocenters. The predicted octanol–water partition coefficient (Wildman–Crippen LogP) is 10.3. The van der Waals surface area contributed by atoms with Gasteiger partial charge in [-0.3, -0.25) is 38.4 Å². The summed E-state index contributed by atoms with van der Waals surface area (Å²) in [4.78, 5) is 140. The number of ketones is 2. The van der Waals surface area contributed by atoms with Gasteiger partial charge in [-0.2, -0.15) is 0 Å². The second-order valence-corrected chi connectivity index (χ2v) is 28.5. The lowest BCUT2D eigenvalue weighted by Gasteiger charge is -2.43. The number of aryl methyl sites for hydroxylation is 1. The number of carbonyl (C=O) groups excluding carboxylic acids is 10. The molecule has 0 aromatic heterocycles. The molecule has 2 N–H and O–H groups in total. The molecular formula is C81H96N4O26. The number of carbonyl (C=O) groups is 10. The van der Waals surface area contributed by atoms with Crippen molar-refractivity contribution >= 4 is 70.8 Å². The summed E-state index contributed by atoms with van der Waals surface area (Å²) >= 11 is 0. The summed E-state index contributed by atoms with van der Waals surface area (Å²) < 4.78 is 83.0. The van der Waals surface area contributed by atoms with E-state index in [1.807, 2.05) is 0 Å². The van der Waals surface area contributed by atoms with Gasteiger partial charge in [-0.15, -0.1) is 12.3 Å². The summed E-state index contributed by atoms with van der Waals surface area (Å²) in [7, 11) is 2.89. The molecule has 596 valence electrons. The average molecular weight is 1540 g/mol. The Hall–Kier alpha value is -10.6. The van der Waals surface area contributed by atoms with Crippen molar-refractivity contribution in [2.75, 3.05) is 43.8 Å². The standard InChI is InChI=1S/C81H96N4O26/c1-15-16-21-63(90)57-33-53(23-25-65(57)110-78-72(108-51(11)88)70(106-49(9)86)45(5)47(7)104-78)40-102-80(96)84-59-36-67(44(4)32-55(59)74(92)82-38-42(2)30-61(82)76(84)94)100-28-18-17-19-29-101-69-37-60-56(35-68(69)99-14)75(93)83-39-43(3)31-62(83)77(95)85(60)81(97)103-41-54-24-26-66(58(34-54)64(91)22-20-27-98-13)111-79-73(109-52(12)89)71(107-50(10)87)46(6)48(8)105-79/h1,23-26,32-39,45-48,61-62,70-73,76-79,94-95H,16-22,27-31,40-41H2,2-14H3/t45-,46-,47-,48-,61+,62+,70+,71+,72-,73-,76?,77?,78+,79+/m1/s1. The zero-order chi connectivity index (χ0) is 80.4. The number of hydrogen-bond donors (Lipinski definition) is 2. The van der Waals surface area contributed by atoms with Crippen molar-refractivity contribution in [2.24, 2.45) is 11.8 Å². The molecule has 0 spiro atoms. The van der Waals surface area contributed by atoms with Crippen LogP contribution >= 0.6 is 0 Å². The maximum Gasteiger partial charge on any atom is 0.416 e. The number of fused-ring (bicyclic) bond motifs is 4. The van der Waals surface area contributed by atoms with E-state index in [9.17, 15) is 58.2 Å². The van der Waals surface area contributed by atoms with Crippen LogP contribution in [0, 0.1) is 31.1 Å². The number of Topliss-reactive ketones (excluding diaryl/α,β-unsaturated/α-hetero) is 2. The molecule has 2 saturated heterocycles. The molecule has 10 rings (SSSR count). The number of hydrogen-bond acceptors (Lipinski definition) is 26. The van der Waals surface area contributed by atoms with Crippen LogP contribution < -0.4 is 33.5 Å². The molecule has 0 radical (unpaired) electrons. The number of ether oxygens (including phenoxy) is 14. The van der Waals surface area contributed by atoms with E-state index in [4.69, 9.17) is 72.7 Å². The average Bonchev–Trinajstić information content (AvgIpc) is 1.69. The third kappa shape index (κ3) is 19.1.